The lowest BCUT2D eigenvalue weighted by molar-refractivity contribution is -0.151. The van der Waals surface area contributed by atoms with Gasteiger partial charge in [0, 0.05) is 0 Å². The fraction of sp³-hybridized carbons (Fsp3) is 0.929. The Bertz CT molecular complexity index is 192. The van der Waals surface area contributed by atoms with Crippen molar-refractivity contribution in [1.29, 1.82) is 0 Å². The molecule has 0 aliphatic carbocycles. The summed E-state index contributed by atoms with van der Waals surface area (Å²) in [5.74, 6) is -0.673. The van der Waals surface area contributed by atoms with Crippen LogP contribution in [0.15, 0.2) is 0 Å². The number of unbranched alkanes of at least 4 members (excludes halogenated alkanes) is 5. The number of rotatable bonds is 10. The molecule has 0 heterocycles. The van der Waals surface area contributed by atoms with E-state index in [1.165, 1.54) is 25.7 Å². The molecule has 0 aliphatic heterocycles. The Morgan fingerprint density at radius 2 is 1.71 bits per heavy atom. The maximum absolute atomic E-state index is 11.5. The molecule has 0 radical (unpaired) electrons. The van der Waals surface area contributed by atoms with Gasteiger partial charge in [0.15, 0.2) is 0 Å². The van der Waals surface area contributed by atoms with Crippen LogP contribution in [0.3, 0.4) is 0 Å². The average Bonchev–Trinajstić information content (AvgIpc) is 2.35. The van der Waals surface area contributed by atoms with Crippen LogP contribution in [0.5, 0.6) is 0 Å². The number of carbonyl (C=O) groups excluding carboxylic acids is 1. The van der Waals surface area contributed by atoms with E-state index in [0.717, 1.165) is 12.8 Å². The van der Waals surface area contributed by atoms with Crippen molar-refractivity contribution < 1.29 is 14.6 Å². The third-order valence-corrected chi connectivity index (χ3v) is 3.11. The standard InChI is InChI=1S/C14H28O3/c1-4-6-7-8-9-10-11-17-14(16)12(3)13(15)5-2/h12-13,15H,4-11H2,1-3H3/t12-,13-/m0/s1. The molecule has 0 amide bonds. The molecule has 102 valence electrons. The monoisotopic (exact) mass is 244 g/mol. The molecule has 0 fully saturated rings. The van der Waals surface area contributed by atoms with E-state index in [9.17, 15) is 9.90 Å². The zero-order valence-corrected chi connectivity index (χ0v) is 11.6. The summed E-state index contributed by atoms with van der Waals surface area (Å²) < 4.78 is 5.13. The lowest BCUT2D eigenvalue weighted by Gasteiger charge is -2.15. The fourth-order valence-corrected chi connectivity index (χ4v) is 1.70. The first-order valence-electron chi connectivity index (χ1n) is 6.98. The maximum Gasteiger partial charge on any atom is 0.311 e. The van der Waals surface area contributed by atoms with Crippen molar-refractivity contribution >= 4 is 5.97 Å². The number of carbonyl (C=O) groups is 1. The summed E-state index contributed by atoms with van der Waals surface area (Å²) in [5.41, 5.74) is 0. The third kappa shape index (κ3) is 8.19. The first-order valence-corrected chi connectivity index (χ1v) is 6.98. The fourth-order valence-electron chi connectivity index (χ4n) is 1.70. The molecule has 0 rings (SSSR count). The normalized spacial score (nSPS) is 14.4. The molecule has 0 aromatic carbocycles. The van der Waals surface area contributed by atoms with Gasteiger partial charge in [0.1, 0.15) is 0 Å². The smallest absolute Gasteiger partial charge is 0.311 e. The molecule has 3 heteroatoms. The van der Waals surface area contributed by atoms with Crippen molar-refractivity contribution in [3.8, 4) is 0 Å². The van der Waals surface area contributed by atoms with E-state index in [1.807, 2.05) is 6.92 Å². The summed E-state index contributed by atoms with van der Waals surface area (Å²) in [4.78, 5) is 11.5. The topological polar surface area (TPSA) is 46.5 Å². The van der Waals surface area contributed by atoms with Gasteiger partial charge in [-0.1, -0.05) is 46.0 Å². The van der Waals surface area contributed by atoms with E-state index < -0.39 is 12.0 Å². The molecule has 0 aromatic rings. The molecule has 0 saturated heterocycles. The zero-order valence-electron chi connectivity index (χ0n) is 11.6. The summed E-state index contributed by atoms with van der Waals surface area (Å²) >= 11 is 0. The third-order valence-electron chi connectivity index (χ3n) is 3.11. The highest BCUT2D eigenvalue weighted by molar-refractivity contribution is 5.72. The lowest BCUT2D eigenvalue weighted by Crippen LogP contribution is -2.27. The minimum Gasteiger partial charge on any atom is -0.465 e. The van der Waals surface area contributed by atoms with Crippen LogP contribution in [-0.4, -0.2) is 23.8 Å². The van der Waals surface area contributed by atoms with Crippen LogP contribution in [0.4, 0.5) is 0 Å². The molecule has 17 heavy (non-hydrogen) atoms. The summed E-state index contributed by atoms with van der Waals surface area (Å²) in [6.45, 7) is 6.27. The van der Waals surface area contributed by atoms with Gasteiger partial charge in [-0.2, -0.15) is 0 Å². The first-order chi connectivity index (χ1) is 8.13. The minimum absolute atomic E-state index is 0.270. The van der Waals surface area contributed by atoms with Gasteiger partial charge in [0.25, 0.3) is 0 Å². The molecule has 0 bridgehead atoms. The molecule has 0 unspecified atom stereocenters. The second-order valence-electron chi connectivity index (χ2n) is 4.70. The molecule has 0 aliphatic rings. The Balaban J connectivity index is 3.45. The molecule has 0 saturated carbocycles. The van der Waals surface area contributed by atoms with Crippen LogP contribution in [0, 0.1) is 5.92 Å². The molecule has 0 spiro atoms. The Morgan fingerprint density at radius 3 is 2.29 bits per heavy atom. The lowest BCUT2D eigenvalue weighted by atomic mass is 10.0. The predicted octanol–water partition coefficient (Wildman–Crippen LogP) is 3.30. The molecule has 2 atom stereocenters. The summed E-state index contributed by atoms with van der Waals surface area (Å²) in [5, 5.41) is 9.50. The van der Waals surface area contributed by atoms with Gasteiger partial charge in [-0.3, -0.25) is 4.79 Å². The highest BCUT2D eigenvalue weighted by Crippen LogP contribution is 2.10. The van der Waals surface area contributed by atoms with E-state index in [2.05, 4.69) is 6.92 Å². The summed E-state index contributed by atoms with van der Waals surface area (Å²) in [6, 6.07) is 0. The second kappa shape index (κ2) is 10.6. The number of aliphatic hydroxyl groups excluding tert-OH is 1. The Morgan fingerprint density at radius 1 is 1.12 bits per heavy atom. The van der Waals surface area contributed by atoms with E-state index in [0.29, 0.717) is 13.0 Å². The number of esters is 1. The van der Waals surface area contributed by atoms with Crippen LogP contribution in [-0.2, 0) is 9.53 Å². The van der Waals surface area contributed by atoms with Gasteiger partial charge in [-0.15, -0.1) is 0 Å². The Labute approximate surface area is 106 Å². The molecular formula is C14H28O3. The quantitative estimate of drug-likeness (QED) is 0.474. The Kier molecular flexibility index (Phi) is 10.2. The van der Waals surface area contributed by atoms with E-state index in [4.69, 9.17) is 4.74 Å². The van der Waals surface area contributed by atoms with Crippen LogP contribution in [0.25, 0.3) is 0 Å². The second-order valence-corrected chi connectivity index (χ2v) is 4.70. The molecule has 3 nitrogen and oxygen atoms in total. The van der Waals surface area contributed by atoms with Crippen LogP contribution in [0.2, 0.25) is 0 Å². The van der Waals surface area contributed by atoms with Crippen molar-refractivity contribution in [1.82, 2.24) is 0 Å². The van der Waals surface area contributed by atoms with E-state index >= 15 is 0 Å². The molecule has 0 aromatic heterocycles. The zero-order chi connectivity index (χ0) is 13.1. The van der Waals surface area contributed by atoms with Crippen LogP contribution < -0.4 is 0 Å². The van der Waals surface area contributed by atoms with Crippen molar-refractivity contribution in [2.45, 2.75) is 71.8 Å². The van der Waals surface area contributed by atoms with Crippen LogP contribution in [0.1, 0.15) is 65.7 Å². The number of ether oxygens (including phenoxy) is 1. The minimum atomic E-state index is -0.577. The largest absolute Gasteiger partial charge is 0.465 e. The van der Waals surface area contributed by atoms with E-state index in [1.54, 1.807) is 6.92 Å². The van der Waals surface area contributed by atoms with Gasteiger partial charge >= 0.3 is 5.97 Å². The highest BCUT2D eigenvalue weighted by atomic mass is 16.5. The predicted molar refractivity (Wildman–Crippen MR) is 69.8 cm³/mol. The van der Waals surface area contributed by atoms with Crippen molar-refractivity contribution in [3.63, 3.8) is 0 Å². The van der Waals surface area contributed by atoms with Gasteiger partial charge in [-0.05, 0) is 19.8 Å². The van der Waals surface area contributed by atoms with Gasteiger partial charge in [0.2, 0.25) is 0 Å². The summed E-state index contributed by atoms with van der Waals surface area (Å²) in [6.07, 6.45) is 7.11. The van der Waals surface area contributed by atoms with Gasteiger partial charge in [-0.25, -0.2) is 0 Å². The molecular weight excluding hydrogens is 216 g/mol. The Hall–Kier alpha value is -0.570. The van der Waals surface area contributed by atoms with Crippen molar-refractivity contribution in [2.75, 3.05) is 6.61 Å². The average molecular weight is 244 g/mol. The van der Waals surface area contributed by atoms with E-state index in [-0.39, 0.29) is 5.97 Å². The van der Waals surface area contributed by atoms with Gasteiger partial charge in [0.05, 0.1) is 18.6 Å². The maximum atomic E-state index is 11.5. The number of hydrogen-bond donors (Lipinski definition) is 1. The van der Waals surface area contributed by atoms with Gasteiger partial charge < -0.3 is 9.84 Å². The molecule has 1 N–H and O–H groups in total. The number of aliphatic hydroxyl groups is 1. The summed E-state index contributed by atoms with van der Waals surface area (Å²) in [7, 11) is 0. The highest BCUT2D eigenvalue weighted by Gasteiger charge is 2.21. The first kappa shape index (κ1) is 16.4. The van der Waals surface area contributed by atoms with Crippen molar-refractivity contribution in [3.05, 3.63) is 0 Å². The number of hydrogen-bond acceptors (Lipinski definition) is 3. The SMILES string of the molecule is CCCCCCCCOC(=O)[C@@H](C)[C@@H](O)CC. The van der Waals surface area contributed by atoms with Crippen LogP contribution >= 0.6 is 0 Å². The van der Waals surface area contributed by atoms with Crippen molar-refractivity contribution in [2.24, 2.45) is 5.92 Å².